The molecule has 1 aliphatic heterocycles. The van der Waals surface area contributed by atoms with Crippen molar-refractivity contribution in [2.24, 2.45) is 0 Å². The number of aromatic hydroxyl groups is 1. The summed E-state index contributed by atoms with van der Waals surface area (Å²) in [6.07, 6.45) is 0.973. The molecule has 1 aliphatic rings. The highest BCUT2D eigenvalue weighted by molar-refractivity contribution is 5.81. The van der Waals surface area contributed by atoms with E-state index in [0.29, 0.717) is 11.6 Å². The number of rotatable bonds is 2. The van der Waals surface area contributed by atoms with Crippen LogP contribution < -0.4 is 5.69 Å². The Kier molecular flexibility index (Phi) is 2.86. The van der Waals surface area contributed by atoms with Crippen molar-refractivity contribution in [3.8, 4) is 5.75 Å². The minimum atomic E-state index is -0.132. The maximum absolute atomic E-state index is 12.1. The molecule has 2 N–H and O–H groups in total. The number of imidazole rings is 1. The van der Waals surface area contributed by atoms with Crippen LogP contribution in [-0.4, -0.2) is 38.7 Å². The lowest BCUT2D eigenvalue weighted by Gasteiger charge is -2.20. The third-order valence-corrected chi connectivity index (χ3v) is 4.02. The van der Waals surface area contributed by atoms with Crippen LogP contribution >= 0.6 is 0 Å². The van der Waals surface area contributed by atoms with E-state index in [1.165, 1.54) is 0 Å². The lowest BCUT2D eigenvalue weighted by Crippen LogP contribution is -2.30. The Labute approximate surface area is 111 Å². The highest BCUT2D eigenvalue weighted by Crippen LogP contribution is 2.28. The molecule has 0 radical (unpaired) electrons. The summed E-state index contributed by atoms with van der Waals surface area (Å²) in [5, 5.41) is 9.80. The number of para-hydroxylation sites is 1. The van der Waals surface area contributed by atoms with Gasteiger partial charge in [-0.3, -0.25) is 9.47 Å². The number of aromatic nitrogens is 2. The molecule has 2 aromatic rings. The molecule has 1 unspecified atom stereocenters. The fourth-order valence-electron chi connectivity index (χ4n) is 2.94. The molecule has 1 atom stereocenters. The molecule has 0 bridgehead atoms. The lowest BCUT2D eigenvalue weighted by atomic mass is 10.2. The van der Waals surface area contributed by atoms with Crippen LogP contribution in [0.2, 0.25) is 0 Å². The summed E-state index contributed by atoms with van der Waals surface area (Å²) in [7, 11) is 0. The van der Waals surface area contributed by atoms with Crippen LogP contribution in [0.4, 0.5) is 0 Å². The van der Waals surface area contributed by atoms with E-state index in [0.717, 1.165) is 25.0 Å². The summed E-state index contributed by atoms with van der Waals surface area (Å²) in [6, 6.07) is 5.93. The summed E-state index contributed by atoms with van der Waals surface area (Å²) < 4.78 is 1.79. The van der Waals surface area contributed by atoms with Gasteiger partial charge >= 0.3 is 5.69 Å². The molecule has 1 saturated heterocycles. The number of H-pyrrole nitrogens is 1. The average molecular weight is 261 g/mol. The van der Waals surface area contributed by atoms with Gasteiger partial charge in [-0.25, -0.2) is 4.79 Å². The summed E-state index contributed by atoms with van der Waals surface area (Å²) in [4.78, 5) is 17.3. The number of phenols is 1. The molecular formula is C14H19N3O2. The fraction of sp³-hybridized carbons (Fsp3) is 0.500. The SMILES string of the molecule is CC(C)N1CCC(n2c(=O)[nH]c3c(O)cccc32)C1. The number of hydrogen-bond donors (Lipinski definition) is 2. The van der Waals surface area contributed by atoms with E-state index in [-0.39, 0.29) is 17.5 Å². The Morgan fingerprint density at radius 1 is 1.42 bits per heavy atom. The first-order chi connectivity index (χ1) is 9.08. The number of likely N-dealkylation sites (tertiary alicyclic amines) is 1. The molecule has 1 fully saturated rings. The van der Waals surface area contributed by atoms with Crippen molar-refractivity contribution in [1.82, 2.24) is 14.5 Å². The van der Waals surface area contributed by atoms with E-state index in [4.69, 9.17) is 0 Å². The van der Waals surface area contributed by atoms with Gasteiger partial charge in [0.2, 0.25) is 0 Å². The maximum Gasteiger partial charge on any atom is 0.326 e. The minimum Gasteiger partial charge on any atom is -0.506 e. The number of nitrogens with zero attached hydrogens (tertiary/aromatic N) is 2. The van der Waals surface area contributed by atoms with Crippen LogP contribution in [-0.2, 0) is 0 Å². The first kappa shape index (κ1) is 12.3. The molecule has 0 aliphatic carbocycles. The third kappa shape index (κ3) is 1.94. The van der Waals surface area contributed by atoms with Crippen LogP contribution in [0.15, 0.2) is 23.0 Å². The van der Waals surface area contributed by atoms with Gasteiger partial charge in [-0.2, -0.15) is 0 Å². The van der Waals surface area contributed by atoms with Gasteiger partial charge in [0.15, 0.2) is 0 Å². The summed E-state index contributed by atoms with van der Waals surface area (Å²) >= 11 is 0. The second-order valence-electron chi connectivity index (χ2n) is 5.50. The zero-order valence-electron chi connectivity index (χ0n) is 11.3. The van der Waals surface area contributed by atoms with Crippen molar-refractivity contribution in [2.75, 3.05) is 13.1 Å². The highest BCUT2D eigenvalue weighted by Gasteiger charge is 2.28. The van der Waals surface area contributed by atoms with Crippen molar-refractivity contribution >= 4 is 11.0 Å². The van der Waals surface area contributed by atoms with E-state index in [2.05, 4.69) is 23.7 Å². The quantitative estimate of drug-likeness (QED) is 0.864. The van der Waals surface area contributed by atoms with Crippen molar-refractivity contribution in [2.45, 2.75) is 32.4 Å². The number of fused-ring (bicyclic) bond motifs is 1. The van der Waals surface area contributed by atoms with E-state index in [1.54, 1.807) is 16.7 Å². The van der Waals surface area contributed by atoms with E-state index in [9.17, 15) is 9.90 Å². The Morgan fingerprint density at radius 2 is 2.21 bits per heavy atom. The molecule has 19 heavy (non-hydrogen) atoms. The number of nitrogens with one attached hydrogen (secondary N) is 1. The van der Waals surface area contributed by atoms with Gasteiger partial charge in [-0.15, -0.1) is 0 Å². The van der Waals surface area contributed by atoms with Crippen LogP contribution in [0.25, 0.3) is 11.0 Å². The monoisotopic (exact) mass is 261 g/mol. The first-order valence-corrected chi connectivity index (χ1v) is 6.74. The van der Waals surface area contributed by atoms with Crippen LogP contribution in [0.3, 0.4) is 0 Å². The van der Waals surface area contributed by atoms with Gasteiger partial charge in [-0.1, -0.05) is 6.07 Å². The number of hydrogen-bond acceptors (Lipinski definition) is 3. The van der Waals surface area contributed by atoms with Crippen molar-refractivity contribution in [3.63, 3.8) is 0 Å². The van der Waals surface area contributed by atoms with E-state index >= 15 is 0 Å². The first-order valence-electron chi connectivity index (χ1n) is 6.74. The molecular weight excluding hydrogens is 242 g/mol. The largest absolute Gasteiger partial charge is 0.506 e. The normalized spacial score (nSPS) is 20.7. The predicted octanol–water partition coefficient (Wildman–Crippen LogP) is 1.69. The molecule has 102 valence electrons. The molecule has 3 rings (SSSR count). The summed E-state index contributed by atoms with van der Waals surface area (Å²) in [5.74, 6) is 0.132. The van der Waals surface area contributed by atoms with Crippen LogP contribution in [0.1, 0.15) is 26.3 Å². The molecule has 0 amide bonds. The number of phenolic OH excluding ortho intramolecular Hbond substituents is 1. The molecule has 2 heterocycles. The molecule has 0 spiro atoms. The van der Waals surface area contributed by atoms with Gasteiger partial charge in [0.05, 0.1) is 11.6 Å². The van der Waals surface area contributed by atoms with Crippen molar-refractivity contribution in [3.05, 3.63) is 28.7 Å². The maximum atomic E-state index is 12.1. The number of benzene rings is 1. The Balaban J connectivity index is 2.04. The standard InChI is InChI=1S/C14H19N3O2/c1-9(2)16-7-6-10(8-16)17-11-4-3-5-12(18)13(11)15-14(17)19/h3-5,9-10,18H,6-8H2,1-2H3,(H,15,19). The van der Waals surface area contributed by atoms with Gasteiger partial charge in [0, 0.05) is 19.1 Å². The lowest BCUT2D eigenvalue weighted by molar-refractivity contribution is 0.265. The second kappa shape index (κ2) is 4.42. The average Bonchev–Trinajstić information content (AvgIpc) is 2.93. The summed E-state index contributed by atoms with van der Waals surface area (Å²) in [6.45, 7) is 6.25. The van der Waals surface area contributed by atoms with Gasteiger partial charge in [0.25, 0.3) is 0 Å². The van der Waals surface area contributed by atoms with Crippen molar-refractivity contribution < 1.29 is 5.11 Å². The third-order valence-electron chi connectivity index (χ3n) is 4.02. The smallest absolute Gasteiger partial charge is 0.326 e. The highest BCUT2D eigenvalue weighted by atomic mass is 16.3. The molecule has 1 aromatic heterocycles. The molecule has 0 saturated carbocycles. The Morgan fingerprint density at radius 3 is 2.89 bits per heavy atom. The summed E-state index contributed by atoms with van der Waals surface area (Å²) in [5.41, 5.74) is 1.20. The van der Waals surface area contributed by atoms with Crippen molar-refractivity contribution in [1.29, 1.82) is 0 Å². The van der Waals surface area contributed by atoms with Gasteiger partial charge < -0.3 is 10.1 Å². The predicted molar refractivity (Wildman–Crippen MR) is 74.6 cm³/mol. The molecule has 1 aromatic carbocycles. The Bertz CT molecular complexity index is 656. The van der Waals surface area contributed by atoms with E-state index < -0.39 is 0 Å². The molecule has 5 nitrogen and oxygen atoms in total. The minimum absolute atomic E-state index is 0.132. The zero-order valence-corrected chi connectivity index (χ0v) is 11.3. The fourth-order valence-corrected chi connectivity index (χ4v) is 2.94. The van der Waals surface area contributed by atoms with Crippen LogP contribution in [0, 0.1) is 0 Å². The van der Waals surface area contributed by atoms with Crippen LogP contribution in [0.5, 0.6) is 5.75 Å². The second-order valence-corrected chi connectivity index (χ2v) is 5.50. The van der Waals surface area contributed by atoms with E-state index in [1.807, 2.05) is 6.07 Å². The topological polar surface area (TPSA) is 61.3 Å². The van der Waals surface area contributed by atoms with Gasteiger partial charge in [0.1, 0.15) is 11.3 Å². The number of aromatic amines is 1. The zero-order chi connectivity index (χ0) is 13.6. The van der Waals surface area contributed by atoms with Gasteiger partial charge in [-0.05, 0) is 32.4 Å². The molecule has 5 heteroatoms. The Hall–Kier alpha value is -1.75.